The van der Waals surface area contributed by atoms with Crippen LogP contribution in [0.4, 0.5) is 0 Å². The normalized spacial score (nSPS) is 21.3. The predicted molar refractivity (Wildman–Crippen MR) is 41.0 cm³/mol. The van der Waals surface area contributed by atoms with Gasteiger partial charge in [-0.25, -0.2) is 4.98 Å². The fourth-order valence-corrected chi connectivity index (χ4v) is 1.42. The van der Waals surface area contributed by atoms with Gasteiger partial charge in [-0.05, 0) is 19.3 Å². The summed E-state index contributed by atoms with van der Waals surface area (Å²) in [5.74, 6) is 0. The van der Waals surface area contributed by atoms with Crippen molar-refractivity contribution in [3.8, 4) is 0 Å². The summed E-state index contributed by atoms with van der Waals surface area (Å²) in [7, 11) is 1.92. The molecule has 0 aliphatic heterocycles. The molecule has 3 heteroatoms. The summed E-state index contributed by atoms with van der Waals surface area (Å²) in [4.78, 5) is 4.12. The summed E-state index contributed by atoms with van der Waals surface area (Å²) in [6.45, 7) is 0. The number of aliphatic hydroxyl groups is 1. The van der Waals surface area contributed by atoms with Gasteiger partial charge in [0.1, 0.15) is 5.60 Å². The minimum Gasteiger partial charge on any atom is -0.383 e. The van der Waals surface area contributed by atoms with Crippen molar-refractivity contribution in [2.75, 3.05) is 0 Å². The first-order valence-corrected chi connectivity index (χ1v) is 3.91. The highest BCUT2D eigenvalue weighted by Gasteiger charge is 2.37. The zero-order valence-corrected chi connectivity index (χ0v) is 6.62. The Bertz CT molecular complexity index is 263. The van der Waals surface area contributed by atoms with Crippen molar-refractivity contribution in [2.24, 2.45) is 7.05 Å². The molecule has 0 atom stereocenters. The second kappa shape index (κ2) is 2.08. The highest BCUT2D eigenvalue weighted by atomic mass is 16.3. The molecule has 0 radical (unpaired) electrons. The molecule has 60 valence electrons. The zero-order valence-electron chi connectivity index (χ0n) is 6.62. The van der Waals surface area contributed by atoms with Crippen molar-refractivity contribution in [3.63, 3.8) is 0 Å². The van der Waals surface area contributed by atoms with E-state index >= 15 is 0 Å². The standard InChI is InChI=1S/C8H12N2O/c1-10-5-7(9-6-10)8(11)3-2-4-8/h5-6,11H,2-4H2,1H3. The van der Waals surface area contributed by atoms with Crippen LogP contribution < -0.4 is 0 Å². The monoisotopic (exact) mass is 152 g/mol. The van der Waals surface area contributed by atoms with E-state index in [2.05, 4.69) is 4.98 Å². The number of imidazole rings is 1. The van der Waals surface area contributed by atoms with Gasteiger partial charge in [0.2, 0.25) is 0 Å². The van der Waals surface area contributed by atoms with Crippen LogP contribution in [0, 0.1) is 0 Å². The maximum Gasteiger partial charge on any atom is 0.108 e. The lowest BCUT2D eigenvalue weighted by Crippen LogP contribution is -2.33. The van der Waals surface area contributed by atoms with E-state index in [4.69, 9.17) is 0 Å². The van der Waals surface area contributed by atoms with E-state index in [1.165, 1.54) is 0 Å². The van der Waals surface area contributed by atoms with Crippen molar-refractivity contribution in [3.05, 3.63) is 18.2 Å². The summed E-state index contributed by atoms with van der Waals surface area (Å²) >= 11 is 0. The van der Waals surface area contributed by atoms with Crippen LogP contribution in [0.1, 0.15) is 25.0 Å². The molecule has 2 rings (SSSR count). The van der Waals surface area contributed by atoms with Gasteiger partial charge in [-0.2, -0.15) is 0 Å². The molecule has 0 bridgehead atoms. The van der Waals surface area contributed by atoms with Crippen LogP contribution in [0.15, 0.2) is 12.5 Å². The average molecular weight is 152 g/mol. The molecule has 1 aliphatic rings. The molecule has 3 nitrogen and oxygen atoms in total. The van der Waals surface area contributed by atoms with E-state index in [1.54, 1.807) is 6.33 Å². The number of hydrogen-bond acceptors (Lipinski definition) is 2. The van der Waals surface area contributed by atoms with Gasteiger partial charge >= 0.3 is 0 Å². The fraction of sp³-hybridized carbons (Fsp3) is 0.625. The molecule has 0 saturated heterocycles. The molecule has 1 fully saturated rings. The van der Waals surface area contributed by atoms with E-state index in [-0.39, 0.29) is 0 Å². The van der Waals surface area contributed by atoms with Crippen LogP contribution in [0.3, 0.4) is 0 Å². The summed E-state index contributed by atoms with van der Waals surface area (Å²) in [5, 5.41) is 9.82. The quantitative estimate of drug-likeness (QED) is 0.646. The smallest absolute Gasteiger partial charge is 0.108 e. The SMILES string of the molecule is Cn1cnc(C2(O)CCC2)c1. The number of aryl methyl sites for hydroxylation is 1. The van der Waals surface area contributed by atoms with Crippen LogP contribution in [0.2, 0.25) is 0 Å². The molecule has 0 unspecified atom stereocenters. The van der Waals surface area contributed by atoms with Crippen LogP contribution in [0.25, 0.3) is 0 Å². The highest BCUT2D eigenvalue weighted by molar-refractivity contribution is 5.12. The molecule has 1 saturated carbocycles. The van der Waals surface area contributed by atoms with Gasteiger partial charge in [0, 0.05) is 13.2 Å². The first-order valence-electron chi connectivity index (χ1n) is 3.91. The molecule has 1 aromatic heterocycles. The molecule has 0 amide bonds. The van der Waals surface area contributed by atoms with E-state index in [0.29, 0.717) is 0 Å². The zero-order chi connectivity index (χ0) is 7.90. The molecule has 1 N–H and O–H groups in total. The van der Waals surface area contributed by atoms with Crippen molar-refractivity contribution >= 4 is 0 Å². The second-order valence-corrected chi connectivity index (χ2v) is 3.31. The molecule has 11 heavy (non-hydrogen) atoms. The van der Waals surface area contributed by atoms with Crippen LogP contribution in [0.5, 0.6) is 0 Å². The first-order chi connectivity index (χ1) is 5.21. The third-order valence-electron chi connectivity index (χ3n) is 2.36. The Balaban J connectivity index is 2.28. The van der Waals surface area contributed by atoms with Gasteiger partial charge in [0.25, 0.3) is 0 Å². The van der Waals surface area contributed by atoms with Gasteiger partial charge < -0.3 is 9.67 Å². The number of hydrogen-bond donors (Lipinski definition) is 1. The van der Waals surface area contributed by atoms with Crippen LogP contribution in [-0.4, -0.2) is 14.7 Å². The Kier molecular flexibility index (Phi) is 1.29. The summed E-state index contributed by atoms with van der Waals surface area (Å²) < 4.78 is 1.87. The summed E-state index contributed by atoms with van der Waals surface area (Å²) in [6.07, 6.45) is 6.46. The van der Waals surface area contributed by atoms with Crippen LogP contribution >= 0.6 is 0 Å². The van der Waals surface area contributed by atoms with E-state index in [0.717, 1.165) is 25.0 Å². The Morgan fingerprint density at radius 3 is 2.73 bits per heavy atom. The van der Waals surface area contributed by atoms with Gasteiger partial charge in [0.05, 0.1) is 12.0 Å². The lowest BCUT2D eigenvalue weighted by atomic mass is 9.78. The maximum absolute atomic E-state index is 9.82. The van der Waals surface area contributed by atoms with Crippen molar-refractivity contribution < 1.29 is 5.11 Å². The van der Waals surface area contributed by atoms with Gasteiger partial charge in [-0.15, -0.1) is 0 Å². The van der Waals surface area contributed by atoms with E-state index in [9.17, 15) is 5.11 Å². The highest BCUT2D eigenvalue weighted by Crippen LogP contribution is 2.39. The van der Waals surface area contributed by atoms with Crippen LogP contribution in [-0.2, 0) is 12.6 Å². The molecule has 1 heterocycles. The predicted octanol–water partition coefficient (Wildman–Crippen LogP) is 0.792. The largest absolute Gasteiger partial charge is 0.383 e. The minimum absolute atomic E-state index is 0.596. The first kappa shape index (κ1) is 6.85. The lowest BCUT2D eigenvalue weighted by molar-refractivity contribution is -0.0423. The Labute approximate surface area is 65.7 Å². The number of aromatic nitrogens is 2. The van der Waals surface area contributed by atoms with E-state index in [1.807, 2.05) is 17.8 Å². The topological polar surface area (TPSA) is 38.0 Å². The maximum atomic E-state index is 9.82. The third-order valence-corrected chi connectivity index (χ3v) is 2.36. The van der Waals surface area contributed by atoms with Crippen molar-refractivity contribution in [1.82, 2.24) is 9.55 Å². The Morgan fingerprint density at radius 1 is 1.64 bits per heavy atom. The average Bonchev–Trinajstić information content (AvgIpc) is 2.31. The molecular formula is C8H12N2O. The Hall–Kier alpha value is -0.830. The van der Waals surface area contributed by atoms with E-state index < -0.39 is 5.60 Å². The minimum atomic E-state index is -0.596. The number of rotatable bonds is 1. The number of nitrogens with zero attached hydrogens (tertiary/aromatic N) is 2. The van der Waals surface area contributed by atoms with Gasteiger partial charge in [-0.3, -0.25) is 0 Å². The summed E-state index contributed by atoms with van der Waals surface area (Å²) in [5.41, 5.74) is 0.229. The lowest BCUT2D eigenvalue weighted by Gasteiger charge is -2.34. The van der Waals surface area contributed by atoms with Gasteiger partial charge in [-0.1, -0.05) is 0 Å². The van der Waals surface area contributed by atoms with Crippen molar-refractivity contribution in [1.29, 1.82) is 0 Å². The molecule has 1 aliphatic carbocycles. The fourth-order valence-electron chi connectivity index (χ4n) is 1.42. The molecule has 0 spiro atoms. The molecule has 0 aromatic carbocycles. The summed E-state index contributed by atoms with van der Waals surface area (Å²) in [6, 6.07) is 0. The Morgan fingerprint density at radius 2 is 2.36 bits per heavy atom. The van der Waals surface area contributed by atoms with Crippen molar-refractivity contribution in [2.45, 2.75) is 24.9 Å². The molecular weight excluding hydrogens is 140 g/mol. The third kappa shape index (κ3) is 0.959. The second-order valence-electron chi connectivity index (χ2n) is 3.31. The molecule has 1 aromatic rings. The van der Waals surface area contributed by atoms with Gasteiger partial charge in [0.15, 0.2) is 0 Å².